The summed E-state index contributed by atoms with van der Waals surface area (Å²) in [7, 11) is 0. The van der Waals surface area contributed by atoms with Gasteiger partial charge in [0.2, 0.25) is 0 Å². The van der Waals surface area contributed by atoms with Crippen molar-refractivity contribution in [3.05, 3.63) is 44.5 Å². The summed E-state index contributed by atoms with van der Waals surface area (Å²) < 4.78 is 6.26. The second-order valence-electron chi connectivity index (χ2n) is 3.66. The summed E-state index contributed by atoms with van der Waals surface area (Å²) >= 11 is 13.3. The summed E-state index contributed by atoms with van der Waals surface area (Å²) in [6.45, 7) is 2.95. The number of hydrogen-bond donors (Lipinski definition) is 1. The molecule has 0 spiro atoms. The highest BCUT2D eigenvalue weighted by Gasteiger charge is 2.16. The first kappa shape index (κ1) is 13.0. The summed E-state index contributed by atoms with van der Waals surface area (Å²) in [4.78, 5) is 1.23. The van der Waals surface area contributed by atoms with Crippen LogP contribution in [0.15, 0.2) is 28.7 Å². The Balaban J connectivity index is 2.12. The molecule has 0 amide bonds. The number of nitrogens with one attached hydrogen (secondary N) is 1. The highest BCUT2D eigenvalue weighted by Crippen LogP contribution is 2.28. The van der Waals surface area contributed by atoms with E-state index in [-0.39, 0.29) is 6.04 Å². The van der Waals surface area contributed by atoms with Gasteiger partial charge in [-0.3, -0.25) is 0 Å². The summed E-state index contributed by atoms with van der Waals surface area (Å²) in [5.74, 6) is 0.862. The lowest BCUT2D eigenvalue weighted by molar-refractivity contribution is 0.419. The van der Waals surface area contributed by atoms with Crippen molar-refractivity contribution in [2.45, 2.75) is 19.4 Å². The van der Waals surface area contributed by atoms with E-state index in [0.717, 1.165) is 23.1 Å². The maximum absolute atomic E-state index is 5.92. The predicted octanol–water partition coefficient (Wildman–Crippen LogP) is 4.54. The quantitative estimate of drug-likeness (QED) is 0.874. The molecular weight excluding hydrogens is 277 g/mol. The second-order valence-corrected chi connectivity index (χ2v) is 5.83. The Morgan fingerprint density at radius 1 is 1.29 bits per heavy atom. The molecule has 2 aromatic heterocycles. The van der Waals surface area contributed by atoms with Crippen molar-refractivity contribution in [1.29, 1.82) is 0 Å². The first-order valence-electron chi connectivity index (χ1n) is 5.42. The van der Waals surface area contributed by atoms with E-state index >= 15 is 0 Å². The van der Waals surface area contributed by atoms with Crippen LogP contribution < -0.4 is 5.32 Å². The van der Waals surface area contributed by atoms with Crippen molar-refractivity contribution in [2.75, 3.05) is 6.54 Å². The molecular formula is C12H13Cl2NOS. The molecule has 1 unspecified atom stereocenters. The van der Waals surface area contributed by atoms with Crippen LogP contribution in [-0.4, -0.2) is 6.54 Å². The third-order valence-corrected chi connectivity index (χ3v) is 3.88. The number of furan rings is 1. The second kappa shape index (κ2) is 5.91. The predicted molar refractivity (Wildman–Crippen MR) is 73.2 cm³/mol. The number of rotatable bonds is 5. The van der Waals surface area contributed by atoms with Crippen molar-refractivity contribution >= 4 is 34.5 Å². The molecule has 1 N–H and O–H groups in total. The zero-order chi connectivity index (χ0) is 12.3. The first-order valence-corrected chi connectivity index (χ1v) is 6.99. The fraction of sp³-hybridized carbons (Fsp3) is 0.333. The van der Waals surface area contributed by atoms with Crippen LogP contribution >= 0.6 is 34.5 Å². The van der Waals surface area contributed by atoms with Crippen LogP contribution in [0.4, 0.5) is 0 Å². The lowest BCUT2D eigenvalue weighted by Gasteiger charge is -2.14. The van der Waals surface area contributed by atoms with Crippen LogP contribution in [0.1, 0.15) is 23.6 Å². The lowest BCUT2D eigenvalue weighted by atomic mass is 10.1. The average Bonchev–Trinajstić information content (AvgIpc) is 2.87. The van der Waals surface area contributed by atoms with Crippen LogP contribution in [0.5, 0.6) is 0 Å². The zero-order valence-electron chi connectivity index (χ0n) is 9.37. The standard InChI is InChI=1S/C12H13Cl2NOS/c1-2-15-9(10-4-5-11(13)16-10)7-8-3-6-12(14)17-8/h3-6,9,15H,2,7H2,1H3. The molecule has 2 nitrogen and oxygen atoms in total. The molecule has 2 aromatic rings. The molecule has 0 saturated carbocycles. The fourth-order valence-corrected chi connectivity index (χ4v) is 2.98. The van der Waals surface area contributed by atoms with Crippen LogP contribution in [0, 0.1) is 0 Å². The largest absolute Gasteiger partial charge is 0.448 e. The van der Waals surface area contributed by atoms with E-state index in [1.165, 1.54) is 4.88 Å². The molecule has 0 aliphatic carbocycles. The Labute approximate surface area is 115 Å². The number of thiophene rings is 1. The number of hydrogen-bond acceptors (Lipinski definition) is 3. The molecule has 92 valence electrons. The smallest absolute Gasteiger partial charge is 0.193 e. The van der Waals surface area contributed by atoms with Crippen molar-refractivity contribution in [2.24, 2.45) is 0 Å². The van der Waals surface area contributed by atoms with Crippen molar-refractivity contribution in [3.8, 4) is 0 Å². The van der Waals surface area contributed by atoms with Gasteiger partial charge in [0, 0.05) is 11.3 Å². The van der Waals surface area contributed by atoms with Gasteiger partial charge in [0.15, 0.2) is 5.22 Å². The third-order valence-electron chi connectivity index (χ3n) is 2.42. The monoisotopic (exact) mass is 289 g/mol. The molecule has 2 heterocycles. The minimum Gasteiger partial charge on any atom is -0.448 e. The van der Waals surface area contributed by atoms with E-state index in [2.05, 4.69) is 12.2 Å². The van der Waals surface area contributed by atoms with E-state index in [1.807, 2.05) is 18.2 Å². The topological polar surface area (TPSA) is 25.2 Å². The average molecular weight is 290 g/mol. The SMILES string of the molecule is CCNC(Cc1ccc(Cl)s1)c1ccc(Cl)o1. The Kier molecular flexibility index (Phi) is 4.51. The minimum atomic E-state index is 0.141. The molecule has 0 bridgehead atoms. The Hall–Kier alpha value is -0.480. The van der Waals surface area contributed by atoms with Gasteiger partial charge in [0.25, 0.3) is 0 Å². The normalized spacial score (nSPS) is 12.9. The molecule has 2 rings (SSSR count). The maximum Gasteiger partial charge on any atom is 0.193 e. The van der Waals surface area contributed by atoms with E-state index in [4.69, 9.17) is 27.6 Å². The van der Waals surface area contributed by atoms with E-state index in [1.54, 1.807) is 17.4 Å². The summed E-state index contributed by atoms with van der Waals surface area (Å²) in [5.41, 5.74) is 0. The van der Waals surface area contributed by atoms with E-state index in [9.17, 15) is 0 Å². The Morgan fingerprint density at radius 2 is 2.12 bits per heavy atom. The van der Waals surface area contributed by atoms with Crippen LogP contribution in [0.3, 0.4) is 0 Å². The fourth-order valence-electron chi connectivity index (χ4n) is 1.70. The molecule has 0 aliphatic rings. The molecule has 0 aliphatic heterocycles. The van der Waals surface area contributed by atoms with Crippen molar-refractivity contribution in [3.63, 3.8) is 0 Å². The molecule has 17 heavy (non-hydrogen) atoms. The molecule has 0 aromatic carbocycles. The van der Waals surface area contributed by atoms with Gasteiger partial charge < -0.3 is 9.73 Å². The number of halogens is 2. The summed E-state index contributed by atoms with van der Waals surface area (Å²) in [5, 5.41) is 3.80. The molecule has 0 radical (unpaired) electrons. The van der Waals surface area contributed by atoms with Crippen LogP contribution in [0.25, 0.3) is 0 Å². The van der Waals surface area contributed by atoms with Gasteiger partial charge in [-0.25, -0.2) is 0 Å². The van der Waals surface area contributed by atoms with Crippen molar-refractivity contribution < 1.29 is 4.42 Å². The van der Waals surface area contributed by atoms with Gasteiger partial charge in [-0.2, -0.15) is 0 Å². The van der Waals surface area contributed by atoms with E-state index in [0.29, 0.717) is 5.22 Å². The van der Waals surface area contributed by atoms with Crippen LogP contribution in [0.2, 0.25) is 9.56 Å². The van der Waals surface area contributed by atoms with Gasteiger partial charge in [-0.1, -0.05) is 18.5 Å². The molecule has 0 saturated heterocycles. The lowest BCUT2D eigenvalue weighted by Crippen LogP contribution is -2.22. The van der Waals surface area contributed by atoms with Crippen LogP contribution in [-0.2, 0) is 6.42 Å². The van der Waals surface area contributed by atoms with Crippen molar-refractivity contribution in [1.82, 2.24) is 5.32 Å². The Bertz CT molecular complexity index is 480. The molecule has 5 heteroatoms. The maximum atomic E-state index is 5.92. The van der Waals surface area contributed by atoms with Gasteiger partial charge in [-0.15, -0.1) is 11.3 Å². The van der Waals surface area contributed by atoms with Gasteiger partial charge in [0.05, 0.1) is 10.4 Å². The van der Waals surface area contributed by atoms with E-state index < -0.39 is 0 Å². The highest BCUT2D eigenvalue weighted by molar-refractivity contribution is 7.16. The molecule has 1 atom stereocenters. The summed E-state index contributed by atoms with van der Waals surface area (Å²) in [6, 6.07) is 7.77. The Morgan fingerprint density at radius 3 is 2.65 bits per heavy atom. The molecule has 0 fully saturated rings. The number of likely N-dealkylation sites (N-methyl/N-ethyl adjacent to an activating group) is 1. The summed E-state index contributed by atoms with van der Waals surface area (Å²) in [6.07, 6.45) is 0.856. The third kappa shape index (κ3) is 3.49. The van der Waals surface area contributed by atoms with Gasteiger partial charge >= 0.3 is 0 Å². The first-order chi connectivity index (χ1) is 8.19. The van der Waals surface area contributed by atoms with Gasteiger partial charge in [-0.05, 0) is 42.4 Å². The zero-order valence-corrected chi connectivity index (χ0v) is 11.7. The minimum absolute atomic E-state index is 0.141. The van der Waals surface area contributed by atoms with Gasteiger partial charge in [0.1, 0.15) is 5.76 Å². The highest BCUT2D eigenvalue weighted by atomic mass is 35.5.